The van der Waals surface area contributed by atoms with Gasteiger partial charge in [0.25, 0.3) is 0 Å². The van der Waals surface area contributed by atoms with Crippen molar-refractivity contribution in [2.45, 2.75) is 46.3 Å². The van der Waals surface area contributed by atoms with Crippen molar-refractivity contribution in [3.8, 4) is 11.1 Å². The Balaban J connectivity index is 2.28. The first-order chi connectivity index (χ1) is 14.1. The lowest BCUT2D eigenvalue weighted by Crippen LogP contribution is -2.28. The van der Waals surface area contributed by atoms with Gasteiger partial charge < -0.3 is 15.2 Å². The first-order valence-corrected chi connectivity index (χ1v) is 9.74. The Kier molecular flexibility index (Phi) is 5.89. The van der Waals surface area contributed by atoms with E-state index in [4.69, 9.17) is 4.74 Å². The number of ether oxygens (including phenoxy) is 1. The van der Waals surface area contributed by atoms with E-state index < -0.39 is 17.7 Å². The number of para-hydroxylation sites is 1. The highest BCUT2D eigenvalue weighted by Crippen LogP contribution is 2.39. The molecule has 0 fully saturated rings. The molecule has 2 N–H and O–H groups in total. The Morgan fingerprint density at radius 2 is 1.70 bits per heavy atom. The van der Waals surface area contributed by atoms with Crippen LogP contribution in [-0.2, 0) is 14.3 Å². The number of hydrogen-bond acceptors (Lipinski definition) is 4. The second-order valence-electron chi connectivity index (χ2n) is 8.21. The Morgan fingerprint density at radius 3 is 2.27 bits per heavy atom. The van der Waals surface area contributed by atoms with Gasteiger partial charge in [0.15, 0.2) is 6.10 Å². The Bertz CT molecular complexity index is 1100. The van der Waals surface area contributed by atoms with Crippen LogP contribution in [0.4, 0.5) is 5.69 Å². The molecule has 0 radical (unpaired) electrons. The highest BCUT2D eigenvalue weighted by atomic mass is 16.5. The minimum atomic E-state index is -1.17. The van der Waals surface area contributed by atoms with Crippen molar-refractivity contribution in [1.82, 2.24) is 4.98 Å². The maximum Gasteiger partial charge on any atom is 0.337 e. The lowest BCUT2D eigenvalue weighted by atomic mass is 9.91. The van der Waals surface area contributed by atoms with Crippen molar-refractivity contribution >= 4 is 28.5 Å². The molecule has 0 aliphatic carbocycles. The van der Waals surface area contributed by atoms with Crippen LogP contribution in [0.15, 0.2) is 48.5 Å². The molecule has 1 atom stereocenters. The number of aromatic nitrogens is 1. The summed E-state index contributed by atoms with van der Waals surface area (Å²) >= 11 is 0. The van der Waals surface area contributed by atoms with Crippen LogP contribution < -0.4 is 5.32 Å². The zero-order valence-corrected chi connectivity index (χ0v) is 17.8. The van der Waals surface area contributed by atoms with E-state index in [0.717, 1.165) is 22.0 Å². The van der Waals surface area contributed by atoms with Crippen LogP contribution in [0.5, 0.6) is 0 Å². The maximum absolute atomic E-state index is 12.2. The molecule has 156 valence electrons. The van der Waals surface area contributed by atoms with Crippen molar-refractivity contribution in [2.75, 3.05) is 5.32 Å². The van der Waals surface area contributed by atoms with Gasteiger partial charge in [-0.05, 0) is 57.0 Å². The predicted molar refractivity (Wildman–Crippen MR) is 117 cm³/mol. The first kappa shape index (κ1) is 21.5. The molecule has 0 aliphatic heterocycles. The second-order valence-corrected chi connectivity index (χ2v) is 8.21. The van der Waals surface area contributed by atoms with Crippen LogP contribution >= 0.6 is 0 Å². The molecule has 1 amide bonds. The van der Waals surface area contributed by atoms with Gasteiger partial charge in [0.2, 0.25) is 5.91 Å². The van der Waals surface area contributed by atoms with E-state index in [-0.39, 0.29) is 5.91 Å². The molecular formula is C24H26N2O4. The third-order valence-electron chi connectivity index (χ3n) is 4.57. The summed E-state index contributed by atoms with van der Waals surface area (Å²) in [6.07, 6.45) is -1.17. The van der Waals surface area contributed by atoms with E-state index in [1.165, 1.54) is 6.92 Å². The largest absolute Gasteiger partial charge is 0.479 e. The van der Waals surface area contributed by atoms with Crippen molar-refractivity contribution in [1.29, 1.82) is 0 Å². The van der Waals surface area contributed by atoms with Gasteiger partial charge >= 0.3 is 5.97 Å². The smallest absolute Gasteiger partial charge is 0.337 e. The number of nitrogens with zero attached hydrogens (tertiary/aromatic N) is 1. The molecule has 3 rings (SSSR count). The number of carbonyl (C=O) groups is 2. The zero-order valence-electron chi connectivity index (χ0n) is 17.8. The van der Waals surface area contributed by atoms with E-state index >= 15 is 0 Å². The summed E-state index contributed by atoms with van der Waals surface area (Å²) in [6.45, 7) is 8.74. The van der Waals surface area contributed by atoms with Crippen molar-refractivity contribution in [2.24, 2.45) is 0 Å². The van der Waals surface area contributed by atoms with Crippen molar-refractivity contribution in [3.05, 3.63) is 59.8 Å². The highest BCUT2D eigenvalue weighted by Gasteiger charge is 2.32. The van der Waals surface area contributed by atoms with Crippen LogP contribution in [0.25, 0.3) is 22.0 Å². The normalized spacial score (nSPS) is 12.6. The molecular weight excluding hydrogens is 380 g/mol. The second kappa shape index (κ2) is 8.24. The van der Waals surface area contributed by atoms with Gasteiger partial charge in [-0.2, -0.15) is 0 Å². The first-order valence-electron chi connectivity index (χ1n) is 9.74. The number of carboxylic acids is 1. The summed E-state index contributed by atoms with van der Waals surface area (Å²) in [4.78, 5) is 28.2. The molecule has 1 unspecified atom stereocenters. The number of amides is 1. The average Bonchev–Trinajstić information content (AvgIpc) is 2.65. The molecule has 0 saturated heterocycles. The number of aliphatic carboxylic acids is 1. The van der Waals surface area contributed by atoms with E-state index in [9.17, 15) is 14.7 Å². The van der Waals surface area contributed by atoms with Crippen LogP contribution in [0.2, 0.25) is 0 Å². The molecule has 2 aromatic carbocycles. The molecule has 1 heterocycles. The minimum Gasteiger partial charge on any atom is -0.479 e. The fourth-order valence-corrected chi connectivity index (χ4v) is 3.49. The van der Waals surface area contributed by atoms with Crippen LogP contribution in [0.3, 0.4) is 0 Å². The summed E-state index contributed by atoms with van der Waals surface area (Å²) in [5.41, 5.74) is 3.51. The van der Waals surface area contributed by atoms with E-state index in [0.29, 0.717) is 16.9 Å². The SMILES string of the molecule is CC(=O)Nc1ccc(-c2c(C(OC(C)(C)C)C(=O)O)c(C)nc3ccccc23)cc1. The molecule has 0 spiro atoms. The summed E-state index contributed by atoms with van der Waals surface area (Å²) < 4.78 is 5.96. The number of pyridine rings is 1. The number of benzene rings is 2. The standard InChI is InChI=1S/C24H26N2O4/c1-14-20(22(23(28)29)30-24(3,4)5)21(18-8-6-7-9-19(18)25-14)16-10-12-17(13-11-16)26-15(2)27/h6-13,22H,1-5H3,(H,26,27)(H,28,29). The van der Waals surface area contributed by atoms with E-state index in [1.807, 2.05) is 57.2 Å². The van der Waals surface area contributed by atoms with E-state index in [2.05, 4.69) is 10.3 Å². The fraction of sp³-hybridized carbons (Fsp3) is 0.292. The highest BCUT2D eigenvalue weighted by molar-refractivity contribution is 5.99. The summed E-state index contributed by atoms with van der Waals surface area (Å²) in [6, 6.07) is 15.0. The van der Waals surface area contributed by atoms with Gasteiger partial charge in [0.1, 0.15) is 0 Å². The molecule has 0 saturated carbocycles. The Labute approximate surface area is 175 Å². The third kappa shape index (κ3) is 4.66. The molecule has 30 heavy (non-hydrogen) atoms. The molecule has 3 aromatic rings. The number of aryl methyl sites for hydroxylation is 1. The van der Waals surface area contributed by atoms with Crippen molar-refractivity contribution < 1.29 is 19.4 Å². The molecule has 0 aliphatic rings. The number of nitrogens with one attached hydrogen (secondary N) is 1. The van der Waals surface area contributed by atoms with E-state index in [1.54, 1.807) is 19.1 Å². The number of carboxylic acid groups (broad SMARTS) is 1. The van der Waals surface area contributed by atoms with Gasteiger partial charge in [0, 0.05) is 29.3 Å². The number of fused-ring (bicyclic) bond motifs is 1. The predicted octanol–water partition coefficient (Wildman–Crippen LogP) is 5.11. The number of anilines is 1. The van der Waals surface area contributed by atoms with Crippen LogP contribution in [0.1, 0.15) is 45.1 Å². The van der Waals surface area contributed by atoms with Gasteiger partial charge in [-0.1, -0.05) is 30.3 Å². The van der Waals surface area contributed by atoms with Gasteiger partial charge in [-0.15, -0.1) is 0 Å². The third-order valence-corrected chi connectivity index (χ3v) is 4.57. The average molecular weight is 406 g/mol. The molecule has 6 nitrogen and oxygen atoms in total. The number of hydrogen-bond donors (Lipinski definition) is 2. The van der Waals surface area contributed by atoms with Crippen LogP contribution in [-0.4, -0.2) is 27.6 Å². The topological polar surface area (TPSA) is 88.5 Å². The quantitative estimate of drug-likeness (QED) is 0.615. The van der Waals surface area contributed by atoms with Gasteiger partial charge in [-0.3, -0.25) is 9.78 Å². The number of carbonyl (C=O) groups excluding carboxylic acids is 1. The monoisotopic (exact) mass is 406 g/mol. The fourth-order valence-electron chi connectivity index (χ4n) is 3.49. The number of rotatable bonds is 5. The Morgan fingerprint density at radius 1 is 1.07 bits per heavy atom. The van der Waals surface area contributed by atoms with Gasteiger partial charge in [-0.25, -0.2) is 4.79 Å². The van der Waals surface area contributed by atoms with Crippen molar-refractivity contribution in [3.63, 3.8) is 0 Å². The van der Waals surface area contributed by atoms with Crippen LogP contribution in [0, 0.1) is 6.92 Å². The summed E-state index contributed by atoms with van der Waals surface area (Å²) in [5, 5.41) is 13.6. The summed E-state index contributed by atoms with van der Waals surface area (Å²) in [7, 11) is 0. The lowest BCUT2D eigenvalue weighted by Gasteiger charge is -2.28. The zero-order chi connectivity index (χ0) is 22.1. The minimum absolute atomic E-state index is 0.154. The maximum atomic E-state index is 12.2. The molecule has 0 bridgehead atoms. The molecule has 6 heteroatoms. The molecule has 1 aromatic heterocycles. The van der Waals surface area contributed by atoms with Gasteiger partial charge in [0.05, 0.1) is 11.1 Å². The lowest BCUT2D eigenvalue weighted by molar-refractivity contribution is -0.160. The Hall–Kier alpha value is -3.25. The summed E-state index contributed by atoms with van der Waals surface area (Å²) in [5.74, 6) is -1.22.